The third-order valence-corrected chi connectivity index (χ3v) is 3.77. The van der Waals surface area contributed by atoms with Gasteiger partial charge in [0.2, 0.25) is 0 Å². The van der Waals surface area contributed by atoms with Crippen LogP contribution in [0.2, 0.25) is 0 Å². The molecule has 0 radical (unpaired) electrons. The van der Waals surface area contributed by atoms with Crippen LogP contribution < -0.4 is 0 Å². The summed E-state index contributed by atoms with van der Waals surface area (Å²) in [4.78, 5) is 11.9. The first kappa shape index (κ1) is 17.7. The number of hydrogen-bond donors (Lipinski definition) is 0. The molecular formula is C14H11BrF5NO2. The quantitative estimate of drug-likeness (QED) is 0.547. The van der Waals surface area contributed by atoms with Gasteiger partial charge in [-0.15, -0.1) is 0 Å². The highest BCUT2D eigenvalue weighted by Crippen LogP contribution is 2.39. The van der Waals surface area contributed by atoms with Crippen molar-refractivity contribution in [3.05, 3.63) is 34.4 Å². The lowest BCUT2D eigenvalue weighted by Gasteiger charge is -2.22. The van der Waals surface area contributed by atoms with Crippen LogP contribution in [0.25, 0.3) is 10.9 Å². The van der Waals surface area contributed by atoms with Crippen LogP contribution in [0, 0.1) is 0 Å². The lowest BCUT2D eigenvalue weighted by atomic mass is 10.2. The molecule has 126 valence electrons. The van der Waals surface area contributed by atoms with E-state index in [2.05, 4.69) is 15.9 Å². The molecular weight excluding hydrogens is 389 g/mol. The molecule has 1 heterocycles. The SMILES string of the molecule is CCOC(=O)c1cc2cccc(Br)c2n1CC(F)(F)C(F)(F)F. The van der Waals surface area contributed by atoms with Gasteiger partial charge in [0.1, 0.15) is 5.69 Å². The second-order valence-corrected chi connectivity index (χ2v) is 5.57. The number of alkyl halides is 5. The topological polar surface area (TPSA) is 31.2 Å². The minimum absolute atomic E-state index is 0.0306. The molecule has 1 aromatic carbocycles. The molecule has 2 aromatic rings. The molecule has 0 saturated heterocycles. The Morgan fingerprint density at radius 3 is 2.48 bits per heavy atom. The molecule has 0 atom stereocenters. The van der Waals surface area contributed by atoms with Gasteiger partial charge in [0.25, 0.3) is 0 Å². The molecule has 1 aromatic heterocycles. The van der Waals surface area contributed by atoms with E-state index in [1.807, 2.05) is 0 Å². The monoisotopic (exact) mass is 399 g/mol. The zero-order chi connectivity index (χ0) is 17.4. The van der Waals surface area contributed by atoms with E-state index in [0.717, 1.165) is 0 Å². The van der Waals surface area contributed by atoms with Crippen molar-refractivity contribution in [2.24, 2.45) is 0 Å². The number of halogens is 6. The second kappa shape index (κ2) is 6.10. The fraction of sp³-hybridized carbons (Fsp3) is 0.357. The predicted octanol–water partition coefficient (Wildman–Crippen LogP) is 4.78. The molecule has 0 aliphatic heterocycles. The summed E-state index contributed by atoms with van der Waals surface area (Å²) in [5.74, 6) is -5.95. The summed E-state index contributed by atoms with van der Waals surface area (Å²) >= 11 is 3.11. The summed E-state index contributed by atoms with van der Waals surface area (Å²) in [5, 5.41) is 0.348. The molecule has 3 nitrogen and oxygen atoms in total. The van der Waals surface area contributed by atoms with Crippen molar-refractivity contribution in [1.82, 2.24) is 4.57 Å². The fourth-order valence-electron chi connectivity index (χ4n) is 2.11. The number of benzene rings is 1. The summed E-state index contributed by atoms with van der Waals surface area (Å²) in [5.41, 5.74) is -0.294. The van der Waals surface area contributed by atoms with Gasteiger partial charge < -0.3 is 9.30 Å². The first-order valence-electron chi connectivity index (χ1n) is 6.48. The molecule has 23 heavy (non-hydrogen) atoms. The summed E-state index contributed by atoms with van der Waals surface area (Å²) < 4.78 is 70.1. The molecule has 0 saturated carbocycles. The van der Waals surface area contributed by atoms with Crippen LogP contribution in [0.4, 0.5) is 22.0 Å². The lowest BCUT2D eigenvalue weighted by Crippen LogP contribution is -2.41. The summed E-state index contributed by atoms with van der Waals surface area (Å²) in [6.45, 7) is -0.237. The number of esters is 1. The van der Waals surface area contributed by atoms with Crippen molar-refractivity contribution < 1.29 is 31.5 Å². The van der Waals surface area contributed by atoms with E-state index < -0.39 is 24.6 Å². The minimum Gasteiger partial charge on any atom is -0.461 e. The van der Waals surface area contributed by atoms with Crippen LogP contribution in [-0.2, 0) is 11.3 Å². The van der Waals surface area contributed by atoms with Gasteiger partial charge in [-0.25, -0.2) is 4.79 Å². The Kier molecular flexibility index (Phi) is 4.70. The van der Waals surface area contributed by atoms with Crippen LogP contribution in [0.15, 0.2) is 28.7 Å². The zero-order valence-corrected chi connectivity index (χ0v) is 13.3. The Balaban J connectivity index is 2.64. The number of carbonyl (C=O) groups excluding carboxylic acids is 1. The van der Waals surface area contributed by atoms with Crippen molar-refractivity contribution in [3.63, 3.8) is 0 Å². The van der Waals surface area contributed by atoms with E-state index in [0.29, 0.717) is 14.4 Å². The van der Waals surface area contributed by atoms with E-state index in [1.165, 1.54) is 25.1 Å². The van der Waals surface area contributed by atoms with Gasteiger partial charge in [-0.3, -0.25) is 0 Å². The largest absolute Gasteiger partial charge is 0.461 e. The Hall–Kier alpha value is -1.64. The van der Waals surface area contributed by atoms with Gasteiger partial charge in [0.05, 0.1) is 18.7 Å². The molecule has 0 amide bonds. The second-order valence-electron chi connectivity index (χ2n) is 4.72. The summed E-state index contributed by atoms with van der Waals surface area (Å²) in [6, 6.07) is 5.79. The third-order valence-electron chi connectivity index (χ3n) is 3.13. The zero-order valence-electron chi connectivity index (χ0n) is 11.8. The minimum atomic E-state index is -5.73. The van der Waals surface area contributed by atoms with Crippen molar-refractivity contribution in [2.75, 3.05) is 6.61 Å². The first-order valence-corrected chi connectivity index (χ1v) is 7.27. The van der Waals surface area contributed by atoms with E-state index >= 15 is 0 Å². The summed E-state index contributed by atoms with van der Waals surface area (Å²) in [6.07, 6.45) is -5.73. The molecule has 0 unspecified atom stereocenters. The highest BCUT2D eigenvalue weighted by molar-refractivity contribution is 9.10. The van der Waals surface area contributed by atoms with Crippen LogP contribution in [0.1, 0.15) is 17.4 Å². The van der Waals surface area contributed by atoms with Gasteiger partial charge in [0, 0.05) is 9.86 Å². The van der Waals surface area contributed by atoms with Gasteiger partial charge in [-0.1, -0.05) is 12.1 Å². The Morgan fingerprint density at radius 1 is 1.26 bits per heavy atom. The number of hydrogen-bond acceptors (Lipinski definition) is 2. The maximum Gasteiger partial charge on any atom is 0.455 e. The van der Waals surface area contributed by atoms with Crippen molar-refractivity contribution in [3.8, 4) is 0 Å². The van der Waals surface area contributed by atoms with E-state index in [9.17, 15) is 26.7 Å². The molecule has 0 spiro atoms. The van der Waals surface area contributed by atoms with Crippen molar-refractivity contribution in [2.45, 2.75) is 25.6 Å². The highest BCUT2D eigenvalue weighted by atomic mass is 79.9. The third kappa shape index (κ3) is 3.34. The molecule has 9 heteroatoms. The number of nitrogens with zero attached hydrogens (tertiary/aromatic N) is 1. The average molecular weight is 400 g/mol. The molecule has 0 fully saturated rings. The fourth-order valence-corrected chi connectivity index (χ4v) is 2.70. The van der Waals surface area contributed by atoms with Crippen molar-refractivity contribution in [1.29, 1.82) is 0 Å². The molecule has 0 aliphatic rings. The predicted molar refractivity (Wildman–Crippen MR) is 76.6 cm³/mol. The van der Waals surface area contributed by atoms with E-state index in [4.69, 9.17) is 4.74 Å². The van der Waals surface area contributed by atoms with Crippen LogP contribution in [-0.4, -0.2) is 29.2 Å². The maximum atomic E-state index is 13.5. The number of ether oxygens (including phenoxy) is 1. The number of rotatable bonds is 4. The molecule has 0 N–H and O–H groups in total. The van der Waals surface area contributed by atoms with Crippen molar-refractivity contribution >= 4 is 32.8 Å². The lowest BCUT2D eigenvalue weighted by molar-refractivity contribution is -0.286. The number of para-hydroxylation sites is 1. The van der Waals surface area contributed by atoms with E-state index in [-0.39, 0.29) is 17.8 Å². The first-order chi connectivity index (χ1) is 10.6. The smallest absolute Gasteiger partial charge is 0.455 e. The number of fused-ring (bicyclic) bond motifs is 1. The highest BCUT2D eigenvalue weighted by Gasteiger charge is 2.58. The Bertz CT molecular complexity index is 739. The molecule has 0 bridgehead atoms. The van der Waals surface area contributed by atoms with Gasteiger partial charge in [0.15, 0.2) is 0 Å². The van der Waals surface area contributed by atoms with Crippen LogP contribution in [0.3, 0.4) is 0 Å². The van der Waals surface area contributed by atoms with Gasteiger partial charge >= 0.3 is 18.1 Å². The number of carbonyl (C=O) groups is 1. The molecule has 0 aliphatic carbocycles. The van der Waals surface area contributed by atoms with Gasteiger partial charge in [-0.2, -0.15) is 22.0 Å². The van der Waals surface area contributed by atoms with Crippen LogP contribution >= 0.6 is 15.9 Å². The Morgan fingerprint density at radius 2 is 1.91 bits per heavy atom. The number of aromatic nitrogens is 1. The van der Waals surface area contributed by atoms with Gasteiger partial charge in [-0.05, 0) is 35.0 Å². The van der Waals surface area contributed by atoms with E-state index in [1.54, 1.807) is 6.07 Å². The van der Waals surface area contributed by atoms with Crippen LogP contribution in [0.5, 0.6) is 0 Å². The maximum absolute atomic E-state index is 13.5. The Labute approximate surface area is 136 Å². The summed E-state index contributed by atoms with van der Waals surface area (Å²) in [7, 11) is 0. The normalized spacial score (nSPS) is 12.7. The standard InChI is InChI=1S/C14H11BrF5NO2/c1-2-23-12(22)10-6-8-4-3-5-9(15)11(8)21(10)7-13(16,17)14(18,19)20/h3-6H,2,7H2,1H3. The molecule has 2 rings (SSSR count). The average Bonchev–Trinajstić information content (AvgIpc) is 2.77.